The predicted octanol–water partition coefficient (Wildman–Crippen LogP) is 2.03. The van der Waals surface area contributed by atoms with Crippen molar-refractivity contribution in [1.29, 1.82) is 0 Å². The zero-order chi connectivity index (χ0) is 6.41. The molecule has 0 aromatic heterocycles. The van der Waals surface area contributed by atoms with Crippen LogP contribution in [0.3, 0.4) is 0 Å². The van der Waals surface area contributed by atoms with Gasteiger partial charge < -0.3 is 4.74 Å². The van der Waals surface area contributed by atoms with Crippen molar-refractivity contribution in [3.05, 3.63) is 6.92 Å². The van der Waals surface area contributed by atoms with Crippen LogP contribution in [-0.2, 0) is 4.74 Å². The summed E-state index contributed by atoms with van der Waals surface area (Å²) in [5, 5.41) is 0. The molecule has 0 spiro atoms. The first kappa shape index (κ1) is 7.96. The summed E-state index contributed by atoms with van der Waals surface area (Å²) in [5.41, 5.74) is 0. The van der Waals surface area contributed by atoms with Crippen LogP contribution in [0.25, 0.3) is 0 Å². The fraction of sp³-hybridized carbons (Fsp3) is 0.857. The number of rotatable bonds is 4. The van der Waals surface area contributed by atoms with E-state index in [-0.39, 0.29) is 0 Å². The van der Waals surface area contributed by atoms with Gasteiger partial charge in [-0.05, 0) is 13.3 Å². The smallest absolute Gasteiger partial charge is 0.0543 e. The molecule has 0 bridgehead atoms. The molecule has 0 amide bonds. The Balaban J connectivity index is 2.86. The molecule has 0 fully saturated rings. The molecular formula is C7H15O. The van der Waals surface area contributed by atoms with Crippen LogP contribution >= 0.6 is 0 Å². The van der Waals surface area contributed by atoms with Crippen LogP contribution in [0.1, 0.15) is 26.2 Å². The van der Waals surface area contributed by atoms with Gasteiger partial charge in [-0.2, -0.15) is 0 Å². The molecule has 1 nitrogen and oxygen atoms in total. The van der Waals surface area contributed by atoms with Crippen molar-refractivity contribution in [2.45, 2.75) is 32.3 Å². The minimum atomic E-state index is 0.414. The quantitative estimate of drug-likeness (QED) is 0.544. The highest BCUT2D eigenvalue weighted by Crippen LogP contribution is 2.00. The van der Waals surface area contributed by atoms with Crippen LogP contribution in [0.15, 0.2) is 0 Å². The molecule has 49 valence electrons. The number of methoxy groups -OCH3 is 1. The molecule has 0 aliphatic rings. The van der Waals surface area contributed by atoms with Gasteiger partial charge in [-0.25, -0.2) is 0 Å². The van der Waals surface area contributed by atoms with Crippen molar-refractivity contribution in [1.82, 2.24) is 0 Å². The molecule has 0 rings (SSSR count). The van der Waals surface area contributed by atoms with E-state index in [1.54, 1.807) is 7.11 Å². The van der Waals surface area contributed by atoms with Crippen LogP contribution < -0.4 is 0 Å². The Morgan fingerprint density at radius 2 is 2.25 bits per heavy atom. The average Bonchev–Trinajstić information content (AvgIpc) is 1.83. The third-order valence-electron chi connectivity index (χ3n) is 1.26. The third kappa shape index (κ3) is 4.13. The number of hydrogen-bond donors (Lipinski definition) is 0. The third-order valence-corrected chi connectivity index (χ3v) is 1.26. The second kappa shape index (κ2) is 5.10. The topological polar surface area (TPSA) is 9.23 Å². The van der Waals surface area contributed by atoms with E-state index in [1.807, 2.05) is 0 Å². The Morgan fingerprint density at radius 1 is 1.62 bits per heavy atom. The molecular weight excluding hydrogens is 100 g/mol. The van der Waals surface area contributed by atoms with E-state index in [4.69, 9.17) is 4.74 Å². The number of unbranched alkanes of at least 4 members (excludes halogenated alkanes) is 1. The van der Waals surface area contributed by atoms with E-state index < -0.39 is 0 Å². The van der Waals surface area contributed by atoms with Crippen molar-refractivity contribution in [2.24, 2.45) is 0 Å². The van der Waals surface area contributed by atoms with E-state index in [0.717, 1.165) is 12.8 Å². The predicted molar refractivity (Wildman–Crippen MR) is 35.7 cm³/mol. The molecule has 0 heterocycles. The minimum absolute atomic E-state index is 0.414. The Morgan fingerprint density at radius 3 is 2.62 bits per heavy atom. The van der Waals surface area contributed by atoms with E-state index in [9.17, 15) is 0 Å². The first-order valence-electron chi connectivity index (χ1n) is 3.13. The Kier molecular flexibility index (Phi) is 5.08. The van der Waals surface area contributed by atoms with E-state index in [0.29, 0.717) is 6.10 Å². The highest BCUT2D eigenvalue weighted by Gasteiger charge is 1.94. The molecule has 0 saturated heterocycles. The second-order valence-corrected chi connectivity index (χ2v) is 2.04. The van der Waals surface area contributed by atoms with Crippen LogP contribution in [0, 0.1) is 6.92 Å². The summed E-state index contributed by atoms with van der Waals surface area (Å²) in [4.78, 5) is 0. The first-order chi connectivity index (χ1) is 3.81. The minimum Gasteiger partial charge on any atom is -0.382 e. The van der Waals surface area contributed by atoms with Gasteiger partial charge in [-0.15, -0.1) is 0 Å². The summed E-state index contributed by atoms with van der Waals surface area (Å²) < 4.78 is 5.02. The zero-order valence-corrected chi connectivity index (χ0v) is 5.81. The lowest BCUT2D eigenvalue weighted by atomic mass is 10.2. The number of ether oxygens (including phenoxy) is 1. The molecule has 0 aromatic carbocycles. The van der Waals surface area contributed by atoms with Crippen molar-refractivity contribution >= 4 is 0 Å². The van der Waals surface area contributed by atoms with Gasteiger partial charge in [0.2, 0.25) is 0 Å². The van der Waals surface area contributed by atoms with Crippen molar-refractivity contribution in [3.8, 4) is 0 Å². The molecule has 0 aromatic rings. The Hall–Kier alpha value is -0.0400. The maximum Gasteiger partial charge on any atom is 0.0543 e. The standard InChI is InChI=1S/C7H15O/c1-4-5-6-7(2)8-3/h7H,1,4-6H2,2-3H3. The van der Waals surface area contributed by atoms with Gasteiger partial charge in [0.05, 0.1) is 6.10 Å². The van der Waals surface area contributed by atoms with Gasteiger partial charge in [-0.1, -0.05) is 19.8 Å². The van der Waals surface area contributed by atoms with Crippen molar-refractivity contribution in [2.75, 3.05) is 7.11 Å². The summed E-state index contributed by atoms with van der Waals surface area (Å²) in [6, 6.07) is 0. The lowest BCUT2D eigenvalue weighted by Gasteiger charge is -2.06. The van der Waals surface area contributed by atoms with Gasteiger partial charge in [0.25, 0.3) is 0 Å². The van der Waals surface area contributed by atoms with Crippen molar-refractivity contribution in [3.63, 3.8) is 0 Å². The highest BCUT2D eigenvalue weighted by atomic mass is 16.5. The molecule has 1 atom stereocenters. The van der Waals surface area contributed by atoms with E-state index in [2.05, 4.69) is 13.8 Å². The lowest BCUT2D eigenvalue weighted by molar-refractivity contribution is 0.109. The monoisotopic (exact) mass is 115 g/mol. The summed E-state index contributed by atoms with van der Waals surface area (Å²) >= 11 is 0. The van der Waals surface area contributed by atoms with Crippen LogP contribution in [0.5, 0.6) is 0 Å². The first-order valence-corrected chi connectivity index (χ1v) is 3.13. The summed E-state index contributed by atoms with van der Waals surface area (Å²) in [5.74, 6) is 0. The Bertz CT molecular complexity index is 43.7. The van der Waals surface area contributed by atoms with Crippen LogP contribution in [-0.4, -0.2) is 13.2 Å². The maximum atomic E-state index is 5.02. The molecule has 0 saturated carbocycles. The fourth-order valence-electron chi connectivity index (χ4n) is 0.550. The normalized spacial score (nSPS) is 13.9. The van der Waals surface area contributed by atoms with Gasteiger partial charge >= 0.3 is 0 Å². The highest BCUT2D eigenvalue weighted by molar-refractivity contribution is 4.49. The van der Waals surface area contributed by atoms with Gasteiger partial charge in [0, 0.05) is 7.11 Å². The fourth-order valence-corrected chi connectivity index (χ4v) is 0.550. The summed E-state index contributed by atoms with van der Waals surface area (Å²) in [7, 11) is 1.74. The van der Waals surface area contributed by atoms with Gasteiger partial charge in [0.1, 0.15) is 0 Å². The molecule has 1 heteroatoms. The Labute approximate surface area is 52.0 Å². The molecule has 0 N–H and O–H groups in total. The van der Waals surface area contributed by atoms with E-state index in [1.165, 1.54) is 6.42 Å². The zero-order valence-electron chi connectivity index (χ0n) is 5.81. The van der Waals surface area contributed by atoms with Crippen molar-refractivity contribution < 1.29 is 4.74 Å². The molecule has 8 heavy (non-hydrogen) atoms. The molecule has 0 aliphatic heterocycles. The largest absolute Gasteiger partial charge is 0.382 e. The van der Waals surface area contributed by atoms with Crippen LogP contribution in [0.2, 0.25) is 0 Å². The average molecular weight is 115 g/mol. The van der Waals surface area contributed by atoms with Crippen LogP contribution in [0.4, 0.5) is 0 Å². The second-order valence-electron chi connectivity index (χ2n) is 2.04. The van der Waals surface area contributed by atoms with Gasteiger partial charge in [0.15, 0.2) is 0 Å². The van der Waals surface area contributed by atoms with Gasteiger partial charge in [-0.3, -0.25) is 0 Å². The van der Waals surface area contributed by atoms with E-state index >= 15 is 0 Å². The maximum absolute atomic E-state index is 5.02. The summed E-state index contributed by atoms with van der Waals surface area (Å²) in [6.07, 6.45) is 3.75. The summed E-state index contributed by atoms with van der Waals surface area (Å²) in [6.45, 7) is 5.82. The molecule has 0 aliphatic carbocycles. The number of hydrogen-bond acceptors (Lipinski definition) is 1. The lowest BCUT2D eigenvalue weighted by Crippen LogP contribution is -2.03. The SMILES string of the molecule is [CH2]CCCC(C)OC. The molecule has 1 unspecified atom stereocenters. The molecule has 1 radical (unpaired) electrons.